The van der Waals surface area contributed by atoms with Gasteiger partial charge in [-0.25, -0.2) is 14.6 Å². The molecule has 138 valence electrons. The molecule has 1 aliphatic heterocycles. The van der Waals surface area contributed by atoms with Gasteiger partial charge in [0.1, 0.15) is 12.3 Å². The molecule has 0 aliphatic carbocycles. The Morgan fingerprint density at radius 2 is 1.67 bits per heavy atom. The molecule has 7 nitrogen and oxygen atoms in total. The van der Waals surface area contributed by atoms with E-state index < -0.39 is 17.2 Å². The zero-order valence-electron chi connectivity index (χ0n) is 15.6. The summed E-state index contributed by atoms with van der Waals surface area (Å²) in [6.45, 7) is 4.22. The predicted octanol–water partition coefficient (Wildman–Crippen LogP) is 2.09. The Morgan fingerprint density at radius 3 is 2.30 bits per heavy atom. The zero-order valence-corrected chi connectivity index (χ0v) is 15.6. The Kier molecular flexibility index (Phi) is 3.76. The first-order valence-electron chi connectivity index (χ1n) is 8.71. The summed E-state index contributed by atoms with van der Waals surface area (Å²) >= 11 is 0. The van der Waals surface area contributed by atoms with Crippen molar-refractivity contribution in [1.29, 1.82) is 0 Å². The Bertz CT molecular complexity index is 1220. The summed E-state index contributed by atoms with van der Waals surface area (Å²) < 4.78 is 7.52. The molecular weight excluding hydrogens is 346 g/mol. The van der Waals surface area contributed by atoms with Crippen molar-refractivity contribution in [3.63, 3.8) is 0 Å². The van der Waals surface area contributed by atoms with Crippen LogP contribution in [0.2, 0.25) is 0 Å². The molecule has 0 saturated heterocycles. The topological polar surface area (TPSA) is 83.2 Å². The second kappa shape index (κ2) is 5.90. The van der Waals surface area contributed by atoms with E-state index in [9.17, 15) is 14.4 Å². The highest BCUT2D eigenvalue weighted by Gasteiger charge is 2.31. The fraction of sp³-hybridized carbons (Fsp3) is 0.300. The maximum atomic E-state index is 12.9. The number of ether oxygens (including phenoxy) is 1. The van der Waals surface area contributed by atoms with Crippen molar-refractivity contribution in [3.8, 4) is 11.1 Å². The van der Waals surface area contributed by atoms with Gasteiger partial charge < -0.3 is 4.74 Å². The molecule has 3 aromatic rings. The number of carbonyl (C=O) groups is 1. The van der Waals surface area contributed by atoms with Crippen LogP contribution >= 0.6 is 0 Å². The zero-order chi connectivity index (χ0) is 19.5. The average molecular weight is 365 g/mol. The fourth-order valence-electron chi connectivity index (χ4n) is 3.49. The number of aromatic nitrogens is 3. The molecule has 0 fully saturated rings. The van der Waals surface area contributed by atoms with Gasteiger partial charge in [-0.3, -0.25) is 13.9 Å². The minimum atomic E-state index is -0.502. The second-order valence-electron chi connectivity index (χ2n) is 7.07. The van der Waals surface area contributed by atoms with Gasteiger partial charge in [0.2, 0.25) is 0 Å². The van der Waals surface area contributed by atoms with Gasteiger partial charge in [0.25, 0.3) is 5.56 Å². The van der Waals surface area contributed by atoms with Crippen molar-refractivity contribution in [1.82, 2.24) is 14.1 Å². The van der Waals surface area contributed by atoms with Crippen LogP contribution in [0.4, 0.5) is 0 Å². The third kappa shape index (κ3) is 2.42. The highest BCUT2D eigenvalue weighted by molar-refractivity contribution is 6.08. The molecule has 7 heteroatoms. The average Bonchev–Trinajstić information content (AvgIpc) is 3.04. The number of rotatable bonds is 2. The SMILES string of the molecule is CC(C)c1ccc(-c2c3c(nc4c2c(=O)n(C)c(=O)n4C)COC3=O)cc1. The third-order valence-corrected chi connectivity index (χ3v) is 5.07. The minimum absolute atomic E-state index is 0.0323. The van der Waals surface area contributed by atoms with Crippen molar-refractivity contribution in [3.05, 3.63) is 61.9 Å². The van der Waals surface area contributed by atoms with Gasteiger partial charge in [0, 0.05) is 19.7 Å². The quantitative estimate of drug-likeness (QED) is 0.650. The number of benzene rings is 1. The number of carbonyl (C=O) groups excluding carboxylic acids is 1. The Morgan fingerprint density at radius 1 is 1.00 bits per heavy atom. The number of hydrogen-bond donors (Lipinski definition) is 0. The molecule has 27 heavy (non-hydrogen) atoms. The van der Waals surface area contributed by atoms with E-state index >= 15 is 0 Å². The van der Waals surface area contributed by atoms with Crippen LogP contribution in [0.15, 0.2) is 33.9 Å². The Labute approximate surface area is 154 Å². The summed E-state index contributed by atoms with van der Waals surface area (Å²) in [6, 6.07) is 7.73. The van der Waals surface area contributed by atoms with Crippen molar-refractivity contribution in [2.24, 2.45) is 14.1 Å². The van der Waals surface area contributed by atoms with Gasteiger partial charge >= 0.3 is 11.7 Å². The summed E-state index contributed by atoms with van der Waals surface area (Å²) in [5, 5.41) is 0.245. The van der Waals surface area contributed by atoms with Crippen LogP contribution in [0.5, 0.6) is 0 Å². The number of aryl methyl sites for hydroxylation is 1. The number of hydrogen-bond acceptors (Lipinski definition) is 5. The molecule has 0 bridgehead atoms. The van der Waals surface area contributed by atoms with Crippen LogP contribution in [0.3, 0.4) is 0 Å². The lowest BCUT2D eigenvalue weighted by Crippen LogP contribution is -2.37. The largest absolute Gasteiger partial charge is 0.455 e. The number of fused-ring (bicyclic) bond motifs is 2. The van der Waals surface area contributed by atoms with Gasteiger partial charge in [0.15, 0.2) is 0 Å². The molecule has 1 aliphatic rings. The van der Waals surface area contributed by atoms with Gasteiger partial charge in [-0.05, 0) is 17.0 Å². The van der Waals surface area contributed by atoms with E-state index in [0.717, 1.165) is 15.7 Å². The number of esters is 1. The number of cyclic esters (lactones) is 1. The molecule has 0 radical (unpaired) electrons. The van der Waals surface area contributed by atoms with E-state index in [1.807, 2.05) is 24.3 Å². The second-order valence-corrected chi connectivity index (χ2v) is 7.07. The lowest BCUT2D eigenvalue weighted by Gasteiger charge is -2.14. The molecule has 0 N–H and O–H groups in total. The lowest BCUT2D eigenvalue weighted by molar-refractivity contribution is 0.0534. The first-order chi connectivity index (χ1) is 12.8. The van der Waals surface area contributed by atoms with Crippen molar-refractivity contribution in [2.45, 2.75) is 26.4 Å². The molecule has 2 aromatic heterocycles. The first kappa shape index (κ1) is 17.2. The minimum Gasteiger partial charge on any atom is -0.455 e. The molecule has 0 spiro atoms. The highest BCUT2D eigenvalue weighted by atomic mass is 16.5. The van der Waals surface area contributed by atoms with Crippen LogP contribution in [-0.2, 0) is 25.4 Å². The Balaban J connectivity index is 2.18. The molecule has 3 heterocycles. The highest BCUT2D eigenvalue weighted by Crippen LogP contribution is 2.35. The van der Waals surface area contributed by atoms with Crippen LogP contribution in [0.25, 0.3) is 22.2 Å². The fourth-order valence-corrected chi connectivity index (χ4v) is 3.49. The maximum absolute atomic E-state index is 12.9. The smallest absolute Gasteiger partial charge is 0.341 e. The van der Waals surface area contributed by atoms with Crippen LogP contribution in [0, 0.1) is 0 Å². The summed E-state index contributed by atoms with van der Waals surface area (Å²) in [5.74, 6) is -0.143. The molecule has 1 aromatic carbocycles. The standard InChI is InChI=1S/C20H19N3O4/c1-10(2)11-5-7-12(8-6-11)14-15-13(9-27-19(15)25)21-17-16(14)18(24)23(4)20(26)22(17)3/h5-8,10H,9H2,1-4H3. The van der Waals surface area contributed by atoms with E-state index in [1.165, 1.54) is 11.6 Å². The van der Waals surface area contributed by atoms with E-state index in [4.69, 9.17) is 4.74 Å². The predicted molar refractivity (Wildman–Crippen MR) is 101 cm³/mol. The number of pyridine rings is 1. The van der Waals surface area contributed by atoms with E-state index in [2.05, 4.69) is 18.8 Å². The maximum Gasteiger partial charge on any atom is 0.341 e. The van der Waals surface area contributed by atoms with Crippen LogP contribution in [-0.4, -0.2) is 20.1 Å². The molecule has 0 atom stereocenters. The summed E-state index contributed by atoms with van der Waals surface area (Å²) in [5.41, 5.74) is 2.40. The van der Waals surface area contributed by atoms with E-state index in [1.54, 1.807) is 7.05 Å². The molecule has 4 rings (SSSR count). The van der Waals surface area contributed by atoms with Gasteiger partial charge in [-0.1, -0.05) is 38.1 Å². The first-order valence-corrected chi connectivity index (χ1v) is 8.71. The third-order valence-electron chi connectivity index (χ3n) is 5.07. The van der Waals surface area contributed by atoms with Crippen molar-refractivity contribution in [2.75, 3.05) is 0 Å². The van der Waals surface area contributed by atoms with Crippen LogP contribution in [0.1, 0.15) is 41.4 Å². The van der Waals surface area contributed by atoms with Gasteiger partial charge in [-0.15, -0.1) is 0 Å². The molecule has 0 unspecified atom stereocenters. The van der Waals surface area contributed by atoms with Crippen molar-refractivity contribution < 1.29 is 9.53 Å². The molecule has 0 saturated carbocycles. The Hall–Kier alpha value is -3.22. The summed E-state index contributed by atoms with van der Waals surface area (Å²) in [4.78, 5) is 42.0. The lowest BCUT2D eigenvalue weighted by atomic mass is 9.94. The van der Waals surface area contributed by atoms with E-state index in [-0.39, 0.29) is 17.6 Å². The monoisotopic (exact) mass is 365 g/mol. The summed E-state index contributed by atoms with van der Waals surface area (Å²) in [6.07, 6.45) is 0. The normalized spacial score (nSPS) is 13.3. The molecule has 0 amide bonds. The van der Waals surface area contributed by atoms with Gasteiger partial charge in [-0.2, -0.15) is 0 Å². The summed E-state index contributed by atoms with van der Waals surface area (Å²) in [7, 11) is 2.98. The van der Waals surface area contributed by atoms with Gasteiger partial charge in [0.05, 0.1) is 16.6 Å². The number of nitrogens with zero attached hydrogens (tertiary/aromatic N) is 3. The molecular formula is C20H19N3O4. The van der Waals surface area contributed by atoms with E-state index in [0.29, 0.717) is 22.7 Å². The van der Waals surface area contributed by atoms with Crippen LogP contribution < -0.4 is 11.2 Å². The van der Waals surface area contributed by atoms with Crippen molar-refractivity contribution >= 4 is 17.0 Å².